The maximum atomic E-state index is 12.0. The average molecular weight is 463 g/mol. The van der Waals surface area contributed by atoms with Crippen molar-refractivity contribution in [2.24, 2.45) is 5.92 Å². The van der Waals surface area contributed by atoms with Crippen LogP contribution in [0.25, 0.3) is 0 Å². The van der Waals surface area contributed by atoms with Gasteiger partial charge < -0.3 is 20.0 Å². The molecule has 0 aromatic heterocycles. The Labute approximate surface area is 203 Å². The van der Waals surface area contributed by atoms with E-state index in [0.29, 0.717) is 19.6 Å². The lowest BCUT2D eigenvalue weighted by Crippen LogP contribution is -2.46. The molecule has 0 aromatic rings. The van der Waals surface area contributed by atoms with Crippen molar-refractivity contribution in [2.45, 2.75) is 136 Å². The molecular weight excluding hydrogens is 400 g/mol. The Balaban J connectivity index is -0.000000127. The monoisotopic (exact) mass is 462 g/mol. The minimum atomic E-state index is -0.190. The minimum absolute atomic E-state index is 0.0125. The number of fused-ring (bicyclic) bond motifs is 1. The van der Waals surface area contributed by atoms with E-state index in [4.69, 9.17) is 0 Å². The molecule has 0 radical (unpaired) electrons. The van der Waals surface area contributed by atoms with Gasteiger partial charge in [0.15, 0.2) is 0 Å². The van der Waals surface area contributed by atoms with Crippen LogP contribution < -0.4 is 5.32 Å². The zero-order valence-electron chi connectivity index (χ0n) is 24.9. The van der Waals surface area contributed by atoms with Crippen LogP contribution in [0.15, 0.2) is 0 Å². The van der Waals surface area contributed by atoms with Crippen LogP contribution in [-0.2, 0) is 0 Å². The predicted molar refractivity (Wildman–Crippen MR) is 145 cm³/mol. The molecule has 2 saturated heterocycles. The van der Waals surface area contributed by atoms with E-state index in [-0.39, 0.29) is 24.4 Å². The van der Waals surface area contributed by atoms with Crippen molar-refractivity contribution in [3.05, 3.63) is 0 Å². The van der Waals surface area contributed by atoms with Gasteiger partial charge in [-0.1, -0.05) is 103 Å². The lowest BCUT2D eigenvalue weighted by Gasteiger charge is -2.27. The number of nitrogens with one attached hydrogen (secondary N) is 1. The predicted octanol–water partition coefficient (Wildman–Crippen LogP) is 8.03. The molecule has 1 N–H and O–H groups in total. The summed E-state index contributed by atoms with van der Waals surface area (Å²) in [5.74, 6) is 0.884. The number of hydrogen-bond donors (Lipinski definition) is 1. The van der Waals surface area contributed by atoms with Crippen LogP contribution in [0.1, 0.15) is 124 Å². The highest BCUT2D eigenvalue weighted by Gasteiger charge is 2.53. The lowest BCUT2D eigenvalue weighted by atomic mass is 10.2. The summed E-state index contributed by atoms with van der Waals surface area (Å²) >= 11 is 0. The van der Waals surface area contributed by atoms with Crippen LogP contribution in [0, 0.1) is 5.92 Å². The molecule has 2 aliphatic heterocycles. The topological polar surface area (TPSA) is 55.9 Å². The molecule has 0 aliphatic carbocycles. The molecule has 198 valence electrons. The lowest BCUT2D eigenvalue weighted by molar-refractivity contribution is 0.136. The summed E-state index contributed by atoms with van der Waals surface area (Å²) in [4.78, 5) is 28.9. The zero-order chi connectivity index (χ0) is 26.9. The number of carbonyl (C=O) groups is 2. The molecule has 2 fully saturated rings. The molecule has 2 unspecified atom stereocenters. The number of carbonyl (C=O) groups excluding carboxylic acids is 2. The molecule has 0 spiro atoms. The summed E-state index contributed by atoms with van der Waals surface area (Å²) in [6, 6.07) is -0.0691. The quantitative estimate of drug-likeness (QED) is 0.459. The first-order valence-corrected chi connectivity index (χ1v) is 13.5. The Morgan fingerprint density at radius 1 is 0.688 bits per heavy atom. The van der Waals surface area contributed by atoms with Crippen molar-refractivity contribution in [3.63, 3.8) is 0 Å². The Morgan fingerprint density at radius 3 is 1.25 bits per heavy atom. The zero-order valence-corrected chi connectivity index (χ0v) is 24.9. The third kappa shape index (κ3) is 14.6. The van der Waals surface area contributed by atoms with E-state index in [1.807, 2.05) is 76.2 Å². The Morgan fingerprint density at radius 2 is 1.00 bits per heavy atom. The van der Waals surface area contributed by atoms with E-state index in [0.717, 1.165) is 5.92 Å². The van der Waals surface area contributed by atoms with Gasteiger partial charge in [0.05, 0.1) is 0 Å². The highest BCUT2D eigenvalue weighted by atomic mass is 16.2. The van der Waals surface area contributed by atoms with Gasteiger partial charge in [-0.05, 0) is 26.7 Å². The molecule has 6 heteroatoms. The van der Waals surface area contributed by atoms with Gasteiger partial charge in [0.2, 0.25) is 0 Å². The fraction of sp³-hybridized carbons (Fsp3) is 0.923. The fourth-order valence-electron chi connectivity index (χ4n) is 2.53. The number of rotatable bonds is 4. The van der Waals surface area contributed by atoms with Crippen LogP contribution in [-0.4, -0.2) is 58.7 Å². The highest BCUT2D eigenvalue weighted by Crippen LogP contribution is 2.28. The summed E-state index contributed by atoms with van der Waals surface area (Å²) in [6.45, 7) is 34.5. The van der Waals surface area contributed by atoms with Crippen LogP contribution in [0.5, 0.6) is 0 Å². The Kier molecular flexibility index (Phi) is 37.7. The second-order valence-electron chi connectivity index (χ2n) is 6.46. The Hall–Kier alpha value is -1.46. The number of urea groups is 2. The SMILES string of the molecule is CC.CC.CC.CC.CCC.CCC(C)C.CCN1C(=O)N(CC)C2C1NC(=O)N2CC. The van der Waals surface area contributed by atoms with Gasteiger partial charge in [-0.3, -0.25) is 0 Å². The Bertz CT molecular complexity index is 388. The van der Waals surface area contributed by atoms with Crippen molar-refractivity contribution in [1.82, 2.24) is 20.0 Å². The third-order valence-electron chi connectivity index (χ3n) is 4.12. The van der Waals surface area contributed by atoms with E-state index in [1.165, 1.54) is 12.8 Å². The van der Waals surface area contributed by atoms with Gasteiger partial charge in [0.25, 0.3) is 0 Å². The summed E-state index contributed by atoms with van der Waals surface area (Å²) in [6.07, 6.45) is 2.22. The third-order valence-corrected chi connectivity index (χ3v) is 4.12. The van der Waals surface area contributed by atoms with E-state index in [1.54, 1.807) is 14.7 Å². The number of hydrogen-bond acceptors (Lipinski definition) is 2. The van der Waals surface area contributed by atoms with Crippen molar-refractivity contribution in [1.29, 1.82) is 0 Å². The molecule has 4 amide bonds. The normalized spacial score (nSPS) is 17.2. The molecule has 32 heavy (non-hydrogen) atoms. The molecule has 0 saturated carbocycles. The summed E-state index contributed by atoms with van der Waals surface area (Å²) in [5.41, 5.74) is 0. The van der Waals surface area contributed by atoms with E-state index in [2.05, 4.69) is 39.9 Å². The van der Waals surface area contributed by atoms with Crippen LogP contribution >= 0.6 is 0 Å². The van der Waals surface area contributed by atoms with Crippen molar-refractivity contribution < 1.29 is 9.59 Å². The molecular formula is C26H62N4O2. The molecule has 0 bridgehead atoms. The number of likely N-dealkylation sites (N-methyl/N-ethyl adjacent to an activating group) is 3. The average Bonchev–Trinajstić information content (AvgIpc) is 3.29. The summed E-state index contributed by atoms with van der Waals surface area (Å²) < 4.78 is 0. The summed E-state index contributed by atoms with van der Waals surface area (Å²) in [7, 11) is 0. The van der Waals surface area contributed by atoms with Gasteiger partial charge in [-0.15, -0.1) is 0 Å². The smallest absolute Gasteiger partial charge is 0.314 e. The standard InChI is InChI=1S/C10H18N4O2.C5H12.C3H8.4C2H6/c1-4-12-7-8(14(6-3)10(12)16)13(5-2)9(15)11-7;1-4-5(2)3;1-3-2;4*1-2/h7-8H,4-6H2,1-3H3,(H,11,15);5H,4H2,1-3H3;3H2,1-2H3;4*1-2H3. The molecule has 0 aromatic carbocycles. The van der Waals surface area contributed by atoms with E-state index >= 15 is 0 Å². The van der Waals surface area contributed by atoms with E-state index < -0.39 is 0 Å². The molecule has 2 aliphatic rings. The van der Waals surface area contributed by atoms with Gasteiger partial charge in [-0.2, -0.15) is 0 Å². The largest absolute Gasteiger partial charge is 0.323 e. The van der Waals surface area contributed by atoms with Crippen molar-refractivity contribution in [3.8, 4) is 0 Å². The highest BCUT2D eigenvalue weighted by molar-refractivity contribution is 5.85. The van der Waals surface area contributed by atoms with E-state index in [9.17, 15) is 9.59 Å². The van der Waals surface area contributed by atoms with Gasteiger partial charge in [0.1, 0.15) is 12.3 Å². The molecule has 6 nitrogen and oxygen atoms in total. The van der Waals surface area contributed by atoms with Crippen LogP contribution in [0.4, 0.5) is 9.59 Å². The number of amides is 4. The van der Waals surface area contributed by atoms with Crippen LogP contribution in [0.2, 0.25) is 0 Å². The molecule has 2 atom stereocenters. The maximum absolute atomic E-state index is 12.0. The van der Waals surface area contributed by atoms with Gasteiger partial charge in [-0.25, -0.2) is 9.59 Å². The molecule has 2 heterocycles. The minimum Gasteiger partial charge on any atom is -0.314 e. The number of nitrogens with zero attached hydrogens (tertiary/aromatic N) is 3. The fourth-order valence-corrected chi connectivity index (χ4v) is 2.53. The van der Waals surface area contributed by atoms with Crippen molar-refractivity contribution in [2.75, 3.05) is 19.6 Å². The first kappa shape index (κ1) is 40.9. The second kappa shape index (κ2) is 29.5. The first-order chi connectivity index (χ1) is 15.3. The van der Waals surface area contributed by atoms with Crippen LogP contribution in [0.3, 0.4) is 0 Å². The second-order valence-corrected chi connectivity index (χ2v) is 6.46. The first-order valence-electron chi connectivity index (χ1n) is 13.5. The summed E-state index contributed by atoms with van der Waals surface area (Å²) in [5, 5.41) is 2.86. The van der Waals surface area contributed by atoms with Crippen molar-refractivity contribution >= 4 is 12.1 Å². The molecule has 2 rings (SSSR count). The van der Waals surface area contributed by atoms with Gasteiger partial charge in [0, 0.05) is 19.6 Å². The maximum Gasteiger partial charge on any atom is 0.323 e. The van der Waals surface area contributed by atoms with Gasteiger partial charge >= 0.3 is 12.1 Å².